The van der Waals surface area contributed by atoms with Gasteiger partial charge in [0.05, 0.1) is 18.1 Å². The Morgan fingerprint density at radius 3 is 2.41 bits per heavy atom. The highest BCUT2D eigenvalue weighted by molar-refractivity contribution is 7.91. The van der Waals surface area contributed by atoms with Gasteiger partial charge in [-0.3, -0.25) is 4.79 Å². The molecule has 1 saturated heterocycles. The zero-order valence-corrected chi connectivity index (χ0v) is 9.93. The minimum Gasteiger partial charge on any atom is -0.461 e. The SMILES string of the molecule is CCOC(=O)C(F)(F)C(=O)C1CCS(=O)(=O)C1. The van der Waals surface area contributed by atoms with Gasteiger partial charge >= 0.3 is 11.9 Å². The number of hydrogen-bond acceptors (Lipinski definition) is 5. The molecule has 1 heterocycles. The Hall–Kier alpha value is -1.05. The number of alkyl halides is 2. The standard InChI is InChI=1S/C9H12F2O5S/c1-2-16-8(13)9(10,11)7(12)6-3-4-17(14,15)5-6/h6H,2-5H2,1H3. The molecule has 1 unspecified atom stereocenters. The molecule has 1 rings (SSSR count). The van der Waals surface area contributed by atoms with Crippen molar-refractivity contribution in [3.05, 3.63) is 0 Å². The molecule has 0 aromatic rings. The molecule has 0 N–H and O–H groups in total. The van der Waals surface area contributed by atoms with E-state index < -0.39 is 39.2 Å². The van der Waals surface area contributed by atoms with E-state index in [0.717, 1.165) is 0 Å². The molecule has 0 aromatic heterocycles. The fourth-order valence-corrected chi connectivity index (χ4v) is 3.32. The number of ether oxygens (including phenoxy) is 1. The van der Waals surface area contributed by atoms with Gasteiger partial charge in [-0.05, 0) is 13.3 Å². The molecular weight excluding hydrogens is 258 g/mol. The molecule has 1 fully saturated rings. The van der Waals surface area contributed by atoms with E-state index in [1.165, 1.54) is 6.92 Å². The van der Waals surface area contributed by atoms with E-state index in [0.29, 0.717) is 0 Å². The van der Waals surface area contributed by atoms with Crippen molar-refractivity contribution in [1.29, 1.82) is 0 Å². The van der Waals surface area contributed by atoms with Crippen molar-refractivity contribution in [2.75, 3.05) is 18.1 Å². The molecule has 0 aliphatic carbocycles. The zero-order chi connectivity index (χ0) is 13.3. The van der Waals surface area contributed by atoms with Gasteiger partial charge in [0.2, 0.25) is 5.78 Å². The van der Waals surface area contributed by atoms with Crippen LogP contribution < -0.4 is 0 Å². The van der Waals surface area contributed by atoms with Crippen LogP contribution in [0.25, 0.3) is 0 Å². The van der Waals surface area contributed by atoms with Crippen LogP contribution in [0.2, 0.25) is 0 Å². The zero-order valence-electron chi connectivity index (χ0n) is 9.11. The highest BCUT2D eigenvalue weighted by Crippen LogP contribution is 2.28. The Bertz CT molecular complexity index is 429. The van der Waals surface area contributed by atoms with Crippen LogP contribution in [0, 0.1) is 5.92 Å². The normalized spacial score (nSPS) is 23.4. The number of esters is 1. The monoisotopic (exact) mass is 270 g/mol. The smallest absolute Gasteiger partial charge is 0.400 e. The lowest BCUT2D eigenvalue weighted by molar-refractivity contribution is -0.178. The average Bonchev–Trinajstić information content (AvgIpc) is 2.58. The van der Waals surface area contributed by atoms with Gasteiger partial charge in [0, 0.05) is 5.92 Å². The summed E-state index contributed by atoms with van der Waals surface area (Å²) < 4.78 is 52.8. The first-order valence-corrected chi connectivity index (χ1v) is 6.82. The molecule has 17 heavy (non-hydrogen) atoms. The van der Waals surface area contributed by atoms with Crippen LogP contribution in [0.4, 0.5) is 8.78 Å². The van der Waals surface area contributed by atoms with Crippen molar-refractivity contribution < 1.29 is 31.5 Å². The fourth-order valence-electron chi connectivity index (χ4n) is 1.58. The molecule has 0 bridgehead atoms. The van der Waals surface area contributed by atoms with E-state index in [1.807, 2.05) is 0 Å². The number of halogens is 2. The molecule has 1 atom stereocenters. The van der Waals surface area contributed by atoms with Gasteiger partial charge in [0.15, 0.2) is 9.84 Å². The van der Waals surface area contributed by atoms with E-state index in [4.69, 9.17) is 0 Å². The predicted molar refractivity (Wildman–Crippen MR) is 53.3 cm³/mol. The van der Waals surface area contributed by atoms with Crippen LogP contribution in [0.3, 0.4) is 0 Å². The summed E-state index contributed by atoms with van der Waals surface area (Å²) in [6.45, 7) is 1.06. The van der Waals surface area contributed by atoms with Crippen molar-refractivity contribution in [1.82, 2.24) is 0 Å². The van der Waals surface area contributed by atoms with Gasteiger partial charge in [-0.2, -0.15) is 8.78 Å². The lowest BCUT2D eigenvalue weighted by Gasteiger charge is -2.16. The van der Waals surface area contributed by atoms with Gasteiger partial charge in [-0.25, -0.2) is 13.2 Å². The Labute approximate surface area is 97.0 Å². The van der Waals surface area contributed by atoms with Crippen molar-refractivity contribution in [2.24, 2.45) is 5.92 Å². The number of sulfone groups is 1. The first kappa shape index (κ1) is 14.0. The quantitative estimate of drug-likeness (QED) is 0.538. The minimum atomic E-state index is -4.26. The third kappa shape index (κ3) is 2.99. The molecule has 98 valence electrons. The Kier molecular flexibility index (Phi) is 3.85. The van der Waals surface area contributed by atoms with E-state index in [9.17, 15) is 26.8 Å². The second-order valence-corrected chi connectivity index (χ2v) is 5.99. The number of hydrogen-bond donors (Lipinski definition) is 0. The van der Waals surface area contributed by atoms with Crippen LogP contribution in [0.15, 0.2) is 0 Å². The summed E-state index contributed by atoms with van der Waals surface area (Å²) in [7, 11) is -3.45. The maximum atomic E-state index is 13.3. The first-order chi connectivity index (χ1) is 7.70. The van der Waals surface area contributed by atoms with Crippen LogP contribution in [0.1, 0.15) is 13.3 Å². The molecule has 0 aromatic carbocycles. The highest BCUT2D eigenvalue weighted by atomic mass is 32.2. The molecular formula is C9H12F2O5S. The number of ketones is 1. The molecule has 0 amide bonds. The van der Waals surface area contributed by atoms with E-state index in [2.05, 4.69) is 4.74 Å². The Balaban J connectivity index is 2.80. The Morgan fingerprint density at radius 2 is 2.00 bits per heavy atom. The summed E-state index contributed by atoms with van der Waals surface area (Å²) in [5, 5.41) is 0. The molecule has 1 aliphatic rings. The van der Waals surface area contributed by atoms with Gasteiger partial charge in [0.25, 0.3) is 0 Å². The van der Waals surface area contributed by atoms with Crippen LogP contribution >= 0.6 is 0 Å². The maximum absolute atomic E-state index is 13.3. The number of carbonyl (C=O) groups excluding carboxylic acids is 2. The molecule has 1 aliphatic heterocycles. The largest absolute Gasteiger partial charge is 0.461 e. The summed E-state index contributed by atoms with van der Waals surface area (Å²) in [6.07, 6.45) is -0.170. The summed E-state index contributed by atoms with van der Waals surface area (Å²) >= 11 is 0. The number of carbonyl (C=O) groups is 2. The third-order valence-electron chi connectivity index (χ3n) is 2.44. The van der Waals surface area contributed by atoms with Gasteiger partial charge in [-0.1, -0.05) is 0 Å². The second kappa shape index (κ2) is 4.67. The van der Waals surface area contributed by atoms with Crippen molar-refractivity contribution in [2.45, 2.75) is 19.3 Å². The van der Waals surface area contributed by atoms with Gasteiger partial charge in [-0.15, -0.1) is 0 Å². The van der Waals surface area contributed by atoms with Crippen molar-refractivity contribution >= 4 is 21.6 Å². The van der Waals surface area contributed by atoms with E-state index in [-0.39, 0.29) is 18.8 Å². The second-order valence-electron chi connectivity index (χ2n) is 3.76. The van der Waals surface area contributed by atoms with Crippen molar-refractivity contribution in [3.8, 4) is 0 Å². The van der Waals surface area contributed by atoms with E-state index >= 15 is 0 Å². The topological polar surface area (TPSA) is 77.5 Å². The molecule has 0 spiro atoms. The van der Waals surface area contributed by atoms with E-state index in [1.54, 1.807) is 0 Å². The van der Waals surface area contributed by atoms with Crippen LogP contribution in [-0.4, -0.2) is 44.2 Å². The lowest BCUT2D eigenvalue weighted by Crippen LogP contribution is -2.43. The molecule has 0 saturated carbocycles. The average molecular weight is 270 g/mol. The van der Waals surface area contributed by atoms with Crippen molar-refractivity contribution in [3.63, 3.8) is 0 Å². The third-order valence-corrected chi connectivity index (χ3v) is 4.21. The highest BCUT2D eigenvalue weighted by Gasteiger charge is 2.53. The summed E-state index contributed by atoms with van der Waals surface area (Å²) in [5.74, 6) is -10.1. The van der Waals surface area contributed by atoms with Crippen LogP contribution in [-0.2, 0) is 24.2 Å². The number of rotatable bonds is 4. The van der Waals surface area contributed by atoms with Gasteiger partial charge < -0.3 is 4.74 Å². The first-order valence-electron chi connectivity index (χ1n) is 5.00. The molecule has 5 nitrogen and oxygen atoms in total. The predicted octanol–water partition coefficient (Wildman–Crippen LogP) is 0.189. The fraction of sp³-hybridized carbons (Fsp3) is 0.778. The summed E-state index contributed by atoms with van der Waals surface area (Å²) in [4.78, 5) is 22.2. The van der Waals surface area contributed by atoms with Gasteiger partial charge in [0.1, 0.15) is 0 Å². The molecule has 0 radical (unpaired) electrons. The van der Waals surface area contributed by atoms with Crippen LogP contribution in [0.5, 0.6) is 0 Å². The maximum Gasteiger partial charge on any atom is 0.400 e. The molecule has 8 heteroatoms. The number of Topliss-reactive ketones (excluding diaryl/α,β-unsaturated/α-hetero) is 1. The summed E-state index contributed by atoms with van der Waals surface area (Å²) in [5.41, 5.74) is 0. The lowest BCUT2D eigenvalue weighted by atomic mass is 9.98. The summed E-state index contributed by atoms with van der Waals surface area (Å²) in [6, 6.07) is 0. The Morgan fingerprint density at radius 1 is 1.41 bits per heavy atom. The minimum absolute atomic E-state index is 0.170.